The van der Waals surface area contributed by atoms with Gasteiger partial charge in [0.25, 0.3) is 0 Å². The van der Waals surface area contributed by atoms with Gasteiger partial charge in [-0.25, -0.2) is 0 Å². The molecule has 5 rings (SSSR count). The first-order valence-corrected chi connectivity index (χ1v) is 12.2. The fraction of sp³-hybridized carbons (Fsp3) is 1.00. The average Bonchev–Trinajstić information content (AvgIpc) is 3.30. The molecule has 5 saturated heterocycles. The molecule has 35 heavy (non-hydrogen) atoms. The minimum Gasteiger partial charge on any atom is -0.394 e. The van der Waals surface area contributed by atoms with Crippen LogP contribution in [0.3, 0.4) is 0 Å². The van der Waals surface area contributed by atoms with Gasteiger partial charge < -0.3 is 63.4 Å². The van der Waals surface area contributed by atoms with E-state index in [-0.39, 0.29) is 30.8 Å². The molecular formula is C22H36O13. The van der Waals surface area contributed by atoms with Gasteiger partial charge in [0, 0.05) is 5.92 Å². The Morgan fingerprint density at radius 1 is 0.686 bits per heavy atom. The van der Waals surface area contributed by atoms with Crippen molar-refractivity contribution in [3.05, 3.63) is 0 Å². The van der Waals surface area contributed by atoms with Gasteiger partial charge in [-0.1, -0.05) is 13.8 Å². The molecule has 13 heteroatoms. The molecule has 0 aromatic heterocycles. The molecule has 7 unspecified atom stereocenters. The van der Waals surface area contributed by atoms with Gasteiger partial charge in [-0.15, -0.1) is 0 Å². The molecule has 13 nitrogen and oxygen atoms in total. The molecule has 0 saturated carbocycles. The normalized spacial score (nSPS) is 56.6. The van der Waals surface area contributed by atoms with Crippen LogP contribution < -0.4 is 0 Å². The Morgan fingerprint density at radius 2 is 1.34 bits per heavy atom. The Balaban J connectivity index is 1.25. The van der Waals surface area contributed by atoms with Crippen LogP contribution in [0.5, 0.6) is 0 Å². The van der Waals surface area contributed by atoms with Gasteiger partial charge in [0.05, 0.1) is 25.9 Å². The van der Waals surface area contributed by atoms with E-state index in [1.165, 1.54) is 0 Å². The van der Waals surface area contributed by atoms with Crippen LogP contribution in [0.15, 0.2) is 0 Å². The minimum absolute atomic E-state index is 0.0265. The zero-order chi connectivity index (χ0) is 25.0. The molecule has 0 aliphatic carbocycles. The van der Waals surface area contributed by atoms with Crippen molar-refractivity contribution >= 4 is 0 Å². The maximum atomic E-state index is 10.9. The number of aliphatic hydroxyl groups excluding tert-OH is 5. The summed E-state index contributed by atoms with van der Waals surface area (Å²) < 4.78 is 45.7. The highest BCUT2D eigenvalue weighted by atomic mass is 16.8. The molecule has 16 atom stereocenters. The number of hydrogen-bond donors (Lipinski definition) is 5. The molecule has 0 spiro atoms. The van der Waals surface area contributed by atoms with Crippen LogP contribution in [0.25, 0.3) is 0 Å². The van der Waals surface area contributed by atoms with Crippen LogP contribution in [0, 0.1) is 11.8 Å². The van der Waals surface area contributed by atoms with Crippen LogP contribution in [-0.2, 0) is 37.9 Å². The number of hydrogen-bond acceptors (Lipinski definition) is 13. The second-order valence-corrected chi connectivity index (χ2v) is 10.0. The van der Waals surface area contributed by atoms with Gasteiger partial charge in [0.15, 0.2) is 25.2 Å². The van der Waals surface area contributed by atoms with Gasteiger partial charge in [-0.05, 0) is 12.8 Å². The van der Waals surface area contributed by atoms with Crippen molar-refractivity contribution in [3.8, 4) is 0 Å². The van der Waals surface area contributed by atoms with Gasteiger partial charge in [0.1, 0.15) is 54.9 Å². The standard InChI is InChI=1S/C22H36O13/c1-7-8(2)20-29-6-11(32-20)17(7)34-21-15(26)13(24)18(10(4-23)31-21)35-22-16(27)14(25)19-12(33-22)5-28-9(3)30-19/h7-27H,4-6H2,1-3H3/t7?,8?,9?,10?,11-,12?,13+,14+,15?,16?,17-,18-,19-,20+,21-,22-/m0/s1. The molecule has 0 amide bonds. The summed E-state index contributed by atoms with van der Waals surface area (Å²) in [5.41, 5.74) is 0. The van der Waals surface area contributed by atoms with Crippen LogP contribution in [0.1, 0.15) is 20.8 Å². The number of rotatable bonds is 5. The topological polar surface area (TPSA) is 175 Å². The van der Waals surface area contributed by atoms with E-state index in [9.17, 15) is 25.5 Å². The lowest BCUT2D eigenvalue weighted by Gasteiger charge is -2.49. The van der Waals surface area contributed by atoms with E-state index in [0.717, 1.165) is 0 Å². The summed E-state index contributed by atoms with van der Waals surface area (Å²) in [4.78, 5) is 0. The van der Waals surface area contributed by atoms with Crippen molar-refractivity contribution in [2.75, 3.05) is 19.8 Å². The molecule has 5 aliphatic rings. The first-order valence-electron chi connectivity index (χ1n) is 12.2. The quantitative estimate of drug-likeness (QED) is 0.262. The second-order valence-electron chi connectivity index (χ2n) is 10.0. The van der Waals surface area contributed by atoms with Gasteiger partial charge in [-0.2, -0.15) is 0 Å². The average molecular weight is 509 g/mol. The van der Waals surface area contributed by atoms with E-state index >= 15 is 0 Å². The van der Waals surface area contributed by atoms with Crippen molar-refractivity contribution in [3.63, 3.8) is 0 Å². The predicted octanol–water partition coefficient (Wildman–Crippen LogP) is -2.57. The van der Waals surface area contributed by atoms with Crippen LogP contribution >= 0.6 is 0 Å². The predicted molar refractivity (Wildman–Crippen MR) is 111 cm³/mol. The molecule has 5 N–H and O–H groups in total. The smallest absolute Gasteiger partial charge is 0.187 e. The molecule has 5 heterocycles. The lowest BCUT2D eigenvalue weighted by Crippen LogP contribution is -2.66. The summed E-state index contributed by atoms with van der Waals surface area (Å²) in [6.45, 7) is 5.52. The third kappa shape index (κ3) is 4.76. The van der Waals surface area contributed by atoms with Gasteiger partial charge in [-0.3, -0.25) is 0 Å². The second kappa shape index (κ2) is 10.3. The minimum atomic E-state index is -1.56. The summed E-state index contributed by atoms with van der Waals surface area (Å²) in [6.07, 6.45) is -14.2. The van der Waals surface area contributed by atoms with Crippen molar-refractivity contribution in [2.24, 2.45) is 11.8 Å². The van der Waals surface area contributed by atoms with E-state index < -0.39 is 80.4 Å². The van der Waals surface area contributed by atoms with E-state index in [4.69, 9.17) is 37.9 Å². The SMILES string of the molecule is CC1OCC2O[C@@H](O[C@H]3C(CO)O[C@@H](O[C@H]4C(C)C(C)[C@@H]5OC[C@@H]4O5)C(O)[C@H]3O)C(O)[C@@H](O)[C@H]2O1. The third-order valence-electron chi connectivity index (χ3n) is 7.76. The largest absolute Gasteiger partial charge is 0.394 e. The molecule has 202 valence electrons. The number of fused-ring (bicyclic) bond motifs is 3. The molecular weight excluding hydrogens is 472 g/mol. The van der Waals surface area contributed by atoms with Gasteiger partial charge in [0.2, 0.25) is 0 Å². The highest BCUT2D eigenvalue weighted by Crippen LogP contribution is 2.39. The first kappa shape index (κ1) is 26.1. The molecule has 5 fully saturated rings. The Kier molecular flexibility index (Phi) is 7.70. The van der Waals surface area contributed by atoms with Crippen molar-refractivity contribution in [2.45, 2.75) is 107 Å². The molecule has 5 aliphatic heterocycles. The molecule has 0 aromatic carbocycles. The Morgan fingerprint density at radius 3 is 2.09 bits per heavy atom. The van der Waals surface area contributed by atoms with E-state index in [1.54, 1.807) is 6.92 Å². The lowest BCUT2D eigenvalue weighted by atomic mass is 9.86. The monoisotopic (exact) mass is 508 g/mol. The molecule has 0 radical (unpaired) electrons. The number of aliphatic hydroxyl groups is 5. The Bertz CT molecular complexity index is 723. The highest BCUT2D eigenvalue weighted by Gasteiger charge is 2.54. The summed E-state index contributed by atoms with van der Waals surface area (Å²) >= 11 is 0. The Labute approximate surface area is 202 Å². The van der Waals surface area contributed by atoms with Crippen molar-refractivity contribution in [1.29, 1.82) is 0 Å². The fourth-order valence-electron chi connectivity index (χ4n) is 5.44. The molecule has 2 bridgehead atoms. The van der Waals surface area contributed by atoms with Crippen LogP contribution in [-0.4, -0.2) is 132 Å². The maximum Gasteiger partial charge on any atom is 0.187 e. The zero-order valence-corrected chi connectivity index (χ0v) is 19.9. The van der Waals surface area contributed by atoms with Crippen molar-refractivity contribution in [1.82, 2.24) is 0 Å². The van der Waals surface area contributed by atoms with E-state index in [1.807, 2.05) is 13.8 Å². The number of ether oxygens (including phenoxy) is 8. The van der Waals surface area contributed by atoms with Gasteiger partial charge >= 0.3 is 0 Å². The summed E-state index contributed by atoms with van der Waals surface area (Å²) in [7, 11) is 0. The third-order valence-corrected chi connectivity index (χ3v) is 7.76. The molecule has 0 aromatic rings. The zero-order valence-electron chi connectivity index (χ0n) is 19.9. The lowest BCUT2D eigenvalue weighted by molar-refractivity contribution is -0.386. The van der Waals surface area contributed by atoms with Crippen LogP contribution in [0.2, 0.25) is 0 Å². The van der Waals surface area contributed by atoms with E-state index in [0.29, 0.717) is 6.61 Å². The summed E-state index contributed by atoms with van der Waals surface area (Å²) in [5, 5.41) is 52.8. The summed E-state index contributed by atoms with van der Waals surface area (Å²) in [6, 6.07) is 0. The van der Waals surface area contributed by atoms with E-state index in [2.05, 4.69) is 0 Å². The van der Waals surface area contributed by atoms with Crippen LogP contribution in [0.4, 0.5) is 0 Å². The highest BCUT2D eigenvalue weighted by molar-refractivity contribution is 4.97. The Hall–Kier alpha value is -0.520. The summed E-state index contributed by atoms with van der Waals surface area (Å²) in [5.74, 6) is 0.0728. The maximum absolute atomic E-state index is 10.9. The first-order chi connectivity index (χ1) is 16.7. The van der Waals surface area contributed by atoms with Crippen molar-refractivity contribution < 1.29 is 63.4 Å². The fourth-order valence-corrected chi connectivity index (χ4v) is 5.44.